The lowest BCUT2D eigenvalue weighted by Gasteiger charge is -2.14. The number of ether oxygens (including phenoxy) is 1. The number of carbonyl (C=O) groups is 2. The number of amides is 1. The third-order valence-corrected chi connectivity index (χ3v) is 4.99. The first-order chi connectivity index (χ1) is 9.45. The smallest absolute Gasteiger partial charge is 0.341 e. The molecule has 5 nitrogen and oxygen atoms in total. The van der Waals surface area contributed by atoms with Crippen LogP contribution in [0.3, 0.4) is 0 Å². The Bertz CT molecular complexity index is 539. The highest BCUT2D eigenvalue weighted by atomic mass is 32.1. The van der Waals surface area contributed by atoms with Gasteiger partial charge in [-0.2, -0.15) is 0 Å². The molecule has 0 spiro atoms. The Balaban J connectivity index is 2.23. The average molecular weight is 296 g/mol. The van der Waals surface area contributed by atoms with E-state index in [9.17, 15) is 9.59 Å². The monoisotopic (exact) mass is 296 g/mol. The standard InChI is InChI=1S/C14H20N2O3S/c1-7-5-15-6-10(7)12(17)16-13-11(14(18)19-4)8(2)9(3)20-13/h7,10,15H,5-6H2,1-4H3,(H,16,17). The molecule has 1 aliphatic rings. The number of methoxy groups -OCH3 is 1. The molecule has 2 atom stereocenters. The Morgan fingerprint density at radius 3 is 2.60 bits per heavy atom. The molecule has 20 heavy (non-hydrogen) atoms. The Kier molecular flexibility index (Phi) is 4.45. The number of carbonyl (C=O) groups excluding carboxylic acids is 2. The molecule has 110 valence electrons. The minimum Gasteiger partial charge on any atom is -0.465 e. The van der Waals surface area contributed by atoms with E-state index in [1.807, 2.05) is 13.8 Å². The van der Waals surface area contributed by atoms with Crippen LogP contribution in [0.4, 0.5) is 5.00 Å². The van der Waals surface area contributed by atoms with Crippen molar-refractivity contribution in [1.29, 1.82) is 0 Å². The van der Waals surface area contributed by atoms with Crippen LogP contribution in [-0.2, 0) is 9.53 Å². The minimum absolute atomic E-state index is 0.0334. The van der Waals surface area contributed by atoms with Crippen LogP contribution in [0.5, 0.6) is 0 Å². The molecular weight excluding hydrogens is 276 g/mol. The summed E-state index contributed by atoms with van der Waals surface area (Å²) in [5.41, 5.74) is 1.34. The maximum absolute atomic E-state index is 12.3. The van der Waals surface area contributed by atoms with Gasteiger partial charge in [0.25, 0.3) is 0 Å². The van der Waals surface area contributed by atoms with E-state index >= 15 is 0 Å². The Morgan fingerprint density at radius 2 is 2.05 bits per heavy atom. The van der Waals surface area contributed by atoms with Crippen molar-refractivity contribution in [2.45, 2.75) is 20.8 Å². The summed E-state index contributed by atoms with van der Waals surface area (Å²) in [6.07, 6.45) is 0. The van der Waals surface area contributed by atoms with E-state index in [-0.39, 0.29) is 11.8 Å². The van der Waals surface area contributed by atoms with E-state index in [2.05, 4.69) is 17.6 Å². The molecule has 2 N–H and O–H groups in total. The van der Waals surface area contributed by atoms with Crippen molar-refractivity contribution in [3.63, 3.8) is 0 Å². The number of anilines is 1. The van der Waals surface area contributed by atoms with Gasteiger partial charge in [-0.3, -0.25) is 4.79 Å². The lowest BCUT2D eigenvalue weighted by atomic mass is 9.97. The van der Waals surface area contributed by atoms with Crippen LogP contribution < -0.4 is 10.6 Å². The third-order valence-electron chi connectivity index (χ3n) is 3.87. The van der Waals surface area contributed by atoms with E-state index in [1.54, 1.807) is 0 Å². The molecule has 0 saturated carbocycles. The average Bonchev–Trinajstić information content (AvgIpc) is 2.94. The van der Waals surface area contributed by atoms with Crippen molar-refractivity contribution in [2.24, 2.45) is 11.8 Å². The van der Waals surface area contributed by atoms with Crippen molar-refractivity contribution in [3.05, 3.63) is 16.0 Å². The molecule has 1 saturated heterocycles. The molecule has 1 aliphatic heterocycles. The van der Waals surface area contributed by atoms with Crippen LogP contribution in [0.15, 0.2) is 0 Å². The molecule has 2 unspecified atom stereocenters. The van der Waals surface area contributed by atoms with Crippen LogP contribution in [0.2, 0.25) is 0 Å². The highest BCUT2D eigenvalue weighted by molar-refractivity contribution is 7.16. The number of hydrogen-bond acceptors (Lipinski definition) is 5. The van der Waals surface area contributed by atoms with Gasteiger partial charge in [-0.1, -0.05) is 6.92 Å². The summed E-state index contributed by atoms with van der Waals surface area (Å²) in [7, 11) is 1.35. The zero-order chi connectivity index (χ0) is 14.9. The van der Waals surface area contributed by atoms with Gasteiger partial charge < -0.3 is 15.4 Å². The predicted molar refractivity (Wildman–Crippen MR) is 79.3 cm³/mol. The largest absolute Gasteiger partial charge is 0.465 e. The molecule has 0 bridgehead atoms. The summed E-state index contributed by atoms with van der Waals surface area (Å²) >= 11 is 1.42. The lowest BCUT2D eigenvalue weighted by molar-refractivity contribution is -0.120. The van der Waals surface area contributed by atoms with Crippen LogP contribution in [-0.4, -0.2) is 32.1 Å². The number of thiophene rings is 1. The third kappa shape index (κ3) is 2.71. The molecule has 1 aromatic heterocycles. The Labute approximate surface area is 122 Å². The second-order valence-corrected chi connectivity index (χ2v) is 6.43. The molecule has 0 radical (unpaired) electrons. The van der Waals surface area contributed by atoms with E-state index in [4.69, 9.17) is 4.74 Å². The highest BCUT2D eigenvalue weighted by Crippen LogP contribution is 2.33. The number of rotatable bonds is 3. The highest BCUT2D eigenvalue weighted by Gasteiger charge is 2.31. The molecule has 1 aromatic rings. The van der Waals surface area contributed by atoms with E-state index in [0.29, 0.717) is 23.0 Å². The predicted octanol–water partition coefficient (Wildman–Crippen LogP) is 1.95. The van der Waals surface area contributed by atoms with Crippen molar-refractivity contribution in [3.8, 4) is 0 Å². The van der Waals surface area contributed by atoms with Crippen molar-refractivity contribution < 1.29 is 14.3 Å². The number of hydrogen-bond donors (Lipinski definition) is 2. The fraction of sp³-hybridized carbons (Fsp3) is 0.571. The van der Waals surface area contributed by atoms with Gasteiger partial charge in [0.2, 0.25) is 5.91 Å². The first-order valence-corrected chi connectivity index (χ1v) is 7.47. The second-order valence-electron chi connectivity index (χ2n) is 5.21. The molecule has 2 rings (SSSR count). The Hall–Kier alpha value is -1.40. The van der Waals surface area contributed by atoms with Crippen LogP contribution >= 0.6 is 11.3 Å². The number of nitrogens with one attached hydrogen (secondary N) is 2. The van der Waals surface area contributed by atoms with Gasteiger partial charge in [0.05, 0.1) is 18.6 Å². The van der Waals surface area contributed by atoms with Gasteiger partial charge in [-0.25, -0.2) is 4.79 Å². The molecule has 1 fully saturated rings. The summed E-state index contributed by atoms with van der Waals surface area (Å²) in [6.45, 7) is 7.39. The van der Waals surface area contributed by atoms with Crippen molar-refractivity contribution in [2.75, 3.05) is 25.5 Å². The van der Waals surface area contributed by atoms with Crippen LogP contribution in [0.1, 0.15) is 27.7 Å². The molecule has 0 aliphatic carbocycles. The van der Waals surface area contributed by atoms with Crippen LogP contribution in [0, 0.1) is 25.7 Å². The maximum atomic E-state index is 12.3. The molecule has 1 amide bonds. The first kappa shape index (κ1) is 15.0. The van der Waals surface area contributed by atoms with Gasteiger partial charge in [0, 0.05) is 11.4 Å². The Morgan fingerprint density at radius 1 is 1.35 bits per heavy atom. The maximum Gasteiger partial charge on any atom is 0.341 e. The SMILES string of the molecule is COC(=O)c1c(NC(=O)C2CNCC2C)sc(C)c1C. The van der Waals surface area contributed by atoms with E-state index in [0.717, 1.165) is 17.0 Å². The summed E-state index contributed by atoms with van der Waals surface area (Å²) in [5, 5.41) is 6.70. The van der Waals surface area contributed by atoms with E-state index in [1.165, 1.54) is 18.4 Å². The fourth-order valence-corrected chi connectivity index (χ4v) is 3.48. The minimum atomic E-state index is -0.403. The zero-order valence-corrected chi connectivity index (χ0v) is 13.0. The summed E-state index contributed by atoms with van der Waals surface area (Å²) < 4.78 is 4.80. The van der Waals surface area contributed by atoms with Gasteiger partial charge in [-0.15, -0.1) is 11.3 Å². The van der Waals surface area contributed by atoms with Crippen molar-refractivity contribution in [1.82, 2.24) is 5.32 Å². The van der Waals surface area contributed by atoms with Gasteiger partial charge in [0.15, 0.2) is 0 Å². The fourth-order valence-electron chi connectivity index (χ4n) is 2.43. The number of aryl methyl sites for hydroxylation is 1. The van der Waals surface area contributed by atoms with Crippen LogP contribution in [0.25, 0.3) is 0 Å². The molecular formula is C14H20N2O3S. The normalized spacial score (nSPS) is 21.8. The summed E-state index contributed by atoms with van der Waals surface area (Å²) in [6, 6.07) is 0. The van der Waals surface area contributed by atoms with Gasteiger partial charge >= 0.3 is 5.97 Å². The summed E-state index contributed by atoms with van der Waals surface area (Å²) in [5.74, 6) is -0.185. The molecule has 0 aromatic carbocycles. The lowest BCUT2D eigenvalue weighted by Crippen LogP contribution is -2.28. The molecule has 2 heterocycles. The van der Waals surface area contributed by atoms with Gasteiger partial charge in [0.1, 0.15) is 5.00 Å². The van der Waals surface area contributed by atoms with Crippen molar-refractivity contribution >= 4 is 28.2 Å². The first-order valence-electron chi connectivity index (χ1n) is 6.65. The second kappa shape index (κ2) is 5.93. The number of esters is 1. The molecule has 6 heteroatoms. The summed E-state index contributed by atoms with van der Waals surface area (Å²) in [4.78, 5) is 25.2. The van der Waals surface area contributed by atoms with Gasteiger partial charge in [-0.05, 0) is 31.9 Å². The quantitative estimate of drug-likeness (QED) is 0.837. The zero-order valence-electron chi connectivity index (χ0n) is 12.2. The van der Waals surface area contributed by atoms with E-state index < -0.39 is 5.97 Å². The topological polar surface area (TPSA) is 67.4 Å².